The number of aromatic nitrogens is 5. The summed E-state index contributed by atoms with van der Waals surface area (Å²) in [6.07, 6.45) is 9.64. The van der Waals surface area contributed by atoms with Crippen LogP contribution in [0.2, 0.25) is 0 Å². The van der Waals surface area contributed by atoms with Gasteiger partial charge in [0.05, 0.1) is 28.4 Å². The van der Waals surface area contributed by atoms with Gasteiger partial charge < -0.3 is 14.6 Å². The fraction of sp³-hybridized carbons (Fsp3) is 0.467. The molecule has 1 amide bonds. The zero-order chi connectivity index (χ0) is 28.0. The van der Waals surface area contributed by atoms with E-state index in [-0.39, 0.29) is 17.3 Å². The van der Waals surface area contributed by atoms with Gasteiger partial charge in [-0.1, -0.05) is 6.07 Å². The van der Waals surface area contributed by atoms with E-state index in [4.69, 9.17) is 4.98 Å². The first-order chi connectivity index (χ1) is 19.2. The van der Waals surface area contributed by atoms with E-state index in [2.05, 4.69) is 50.1 Å². The van der Waals surface area contributed by atoms with E-state index < -0.39 is 17.3 Å². The second-order valence-electron chi connectivity index (χ2n) is 11.7. The Morgan fingerprint density at radius 3 is 2.58 bits per heavy atom. The Kier molecular flexibility index (Phi) is 6.92. The number of hydrogen-bond donors (Lipinski definition) is 2. The summed E-state index contributed by atoms with van der Waals surface area (Å²) >= 11 is 0. The molecule has 3 aromatic heterocycles. The smallest absolute Gasteiger partial charge is 0.261 e. The lowest BCUT2D eigenvalue weighted by Gasteiger charge is -2.34. The van der Waals surface area contributed by atoms with Gasteiger partial charge in [-0.3, -0.25) is 19.8 Å². The van der Waals surface area contributed by atoms with E-state index in [0.717, 1.165) is 49.8 Å². The van der Waals surface area contributed by atoms with E-state index in [1.54, 1.807) is 17.9 Å². The molecule has 210 valence electrons. The molecule has 40 heavy (non-hydrogen) atoms. The number of likely N-dealkylation sites (tertiary alicyclic amines) is 1. The molecular formula is C30H36FN7O2. The number of aryl methyl sites for hydroxylation is 1. The van der Waals surface area contributed by atoms with E-state index in [0.29, 0.717) is 30.3 Å². The third-order valence-corrected chi connectivity index (χ3v) is 8.64. The van der Waals surface area contributed by atoms with Crippen LogP contribution in [0.3, 0.4) is 0 Å². The Hall–Kier alpha value is -3.63. The number of nitrogens with one attached hydrogen (secondary N) is 1. The lowest BCUT2D eigenvalue weighted by atomic mass is 9.83. The summed E-state index contributed by atoms with van der Waals surface area (Å²) in [6.45, 7) is 4.01. The van der Waals surface area contributed by atoms with E-state index >= 15 is 4.39 Å². The summed E-state index contributed by atoms with van der Waals surface area (Å²) in [5, 5.41) is 17.6. The van der Waals surface area contributed by atoms with Crippen molar-refractivity contribution in [2.75, 3.05) is 25.5 Å². The number of carbonyl (C=O) groups excluding carboxylic acids is 1. The molecular weight excluding hydrogens is 509 g/mol. The average molecular weight is 546 g/mol. The molecule has 0 unspecified atom stereocenters. The minimum atomic E-state index is -0.700. The molecule has 4 aromatic rings. The first-order valence-corrected chi connectivity index (χ1v) is 14.1. The molecule has 0 radical (unpaired) electrons. The molecule has 0 bridgehead atoms. The lowest BCUT2D eigenvalue weighted by molar-refractivity contribution is 0.0106. The quantitative estimate of drug-likeness (QED) is 0.370. The maximum absolute atomic E-state index is 15.5. The Labute approximate surface area is 233 Å². The van der Waals surface area contributed by atoms with E-state index in [1.165, 1.54) is 24.0 Å². The van der Waals surface area contributed by atoms with Gasteiger partial charge in [-0.05, 0) is 95.3 Å². The van der Waals surface area contributed by atoms with Crippen molar-refractivity contribution in [3.63, 3.8) is 0 Å². The van der Waals surface area contributed by atoms with Crippen molar-refractivity contribution in [1.82, 2.24) is 29.2 Å². The molecule has 1 aliphatic heterocycles. The Morgan fingerprint density at radius 2 is 1.88 bits per heavy atom. The lowest BCUT2D eigenvalue weighted by Crippen LogP contribution is -2.32. The van der Waals surface area contributed by atoms with Crippen molar-refractivity contribution in [3.8, 4) is 11.3 Å². The van der Waals surface area contributed by atoms with Crippen LogP contribution in [0.25, 0.3) is 22.3 Å². The molecule has 2 N–H and O–H groups in total. The molecule has 0 spiro atoms. The average Bonchev–Trinajstić information content (AvgIpc) is 3.52. The van der Waals surface area contributed by atoms with Gasteiger partial charge in [-0.25, -0.2) is 9.37 Å². The Balaban J connectivity index is 1.35. The van der Waals surface area contributed by atoms with Gasteiger partial charge in [-0.15, -0.1) is 0 Å². The van der Waals surface area contributed by atoms with Crippen LogP contribution in [0.4, 0.5) is 10.3 Å². The summed E-state index contributed by atoms with van der Waals surface area (Å²) in [5.74, 6) is -0.412. The highest BCUT2D eigenvalue weighted by Crippen LogP contribution is 2.39. The molecule has 10 heteroatoms. The topological polar surface area (TPSA) is 101 Å². The highest BCUT2D eigenvalue weighted by atomic mass is 19.1. The highest BCUT2D eigenvalue weighted by Gasteiger charge is 2.32. The largest absolute Gasteiger partial charge is 0.390 e. The molecule has 4 heterocycles. The summed E-state index contributed by atoms with van der Waals surface area (Å²) in [6, 6.07) is 7.87. The first kappa shape index (κ1) is 26.6. The van der Waals surface area contributed by atoms with Gasteiger partial charge in [-0.2, -0.15) is 5.10 Å². The molecule has 1 aliphatic carbocycles. The maximum Gasteiger partial charge on any atom is 0.261 e. The van der Waals surface area contributed by atoms with Crippen LogP contribution in [0.15, 0.2) is 42.9 Å². The summed E-state index contributed by atoms with van der Waals surface area (Å²) in [4.78, 5) is 24.9. The number of carbonyl (C=O) groups is 1. The van der Waals surface area contributed by atoms with Crippen LogP contribution in [0.1, 0.15) is 73.3 Å². The van der Waals surface area contributed by atoms with Crippen molar-refractivity contribution in [3.05, 3.63) is 59.8 Å². The number of aliphatic hydroxyl groups is 1. The molecule has 2 fully saturated rings. The minimum Gasteiger partial charge on any atom is -0.390 e. The van der Waals surface area contributed by atoms with Crippen molar-refractivity contribution >= 4 is 22.9 Å². The highest BCUT2D eigenvalue weighted by molar-refractivity contribution is 6.05. The summed E-state index contributed by atoms with van der Waals surface area (Å²) in [5.41, 5.74) is 2.78. The van der Waals surface area contributed by atoms with Crippen LogP contribution in [-0.2, 0) is 7.05 Å². The molecule has 1 saturated heterocycles. The predicted molar refractivity (Wildman–Crippen MR) is 152 cm³/mol. The van der Waals surface area contributed by atoms with E-state index in [9.17, 15) is 9.90 Å². The van der Waals surface area contributed by atoms with Crippen LogP contribution in [0, 0.1) is 5.82 Å². The maximum atomic E-state index is 15.5. The number of imidazole rings is 1. The number of pyridine rings is 1. The molecule has 9 nitrogen and oxygen atoms in total. The Morgan fingerprint density at radius 1 is 1.12 bits per heavy atom. The third-order valence-electron chi connectivity index (χ3n) is 8.64. The number of nitrogens with zero attached hydrogens (tertiary/aromatic N) is 6. The standard InChI is InChI=1S/C30H36FN7O2/c1-30(40)11-6-22(7-12-30)38-25-5-4-20(19-9-14-36(2)15-10-19)16-24(25)34-29(38)35-28(39)23-8-13-32-27(26(23)31)21-17-33-37(3)18-21/h4-5,8,13,16-19,22,40H,6-7,9-12,14-15H2,1-3H3,(H,34,35,39). The number of halogens is 1. The molecule has 1 saturated carbocycles. The molecule has 6 rings (SSSR count). The summed E-state index contributed by atoms with van der Waals surface area (Å²) in [7, 11) is 3.90. The van der Waals surface area contributed by atoms with Crippen LogP contribution >= 0.6 is 0 Å². The Bertz CT molecular complexity index is 1540. The van der Waals surface area contributed by atoms with Crippen molar-refractivity contribution in [1.29, 1.82) is 0 Å². The number of piperidine rings is 1. The second-order valence-corrected chi connectivity index (χ2v) is 11.7. The number of amides is 1. The van der Waals surface area contributed by atoms with Crippen molar-refractivity contribution in [2.24, 2.45) is 7.05 Å². The van der Waals surface area contributed by atoms with Gasteiger partial charge >= 0.3 is 0 Å². The monoisotopic (exact) mass is 545 g/mol. The van der Waals surface area contributed by atoms with Gasteiger partial charge in [0, 0.05) is 31.0 Å². The molecule has 2 aliphatic rings. The second kappa shape index (κ2) is 10.4. The van der Waals surface area contributed by atoms with Crippen molar-refractivity contribution < 1.29 is 14.3 Å². The van der Waals surface area contributed by atoms with Gasteiger partial charge in [0.1, 0.15) is 5.69 Å². The molecule has 1 aromatic carbocycles. The zero-order valence-electron chi connectivity index (χ0n) is 23.3. The van der Waals surface area contributed by atoms with Crippen molar-refractivity contribution in [2.45, 2.75) is 63.0 Å². The van der Waals surface area contributed by atoms with Crippen LogP contribution in [0.5, 0.6) is 0 Å². The fourth-order valence-electron chi connectivity index (χ4n) is 6.18. The number of hydrogen-bond acceptors (Lipinski definition) is 6. The minimum absolute atomic E-state index is 0.0583. The normalized spacial score (nSPS) is 22.6. The number of rotatable bonds is 5. The van der Waals surface area contributed by atoms with Gasteiger partial charge in [0.15, 0.2) is 5.82 Å². The van der Waals surface area contributed by atoms with Crippen LogP contribution in [-0.4, -0.2) is 66.0 Å². The van der Waals surface area contributed by atoms with Gasteiger partial charge in [0.25, 0.3) is 5.91 Å². The zero-order valence-corrected chi connectivity index (χ0v) is 23.3. The number of anilines is 1. The molecule has 0 atom stereocenters. The van der Waals surface area contributed by atoms with Crippen LogP contribution < -0.4 is 5.32 Å². The fourth-order valence-corrected chi connectivity index (χ4v) is 6.18. The number of benzene rings is 1. The van der Waals surface area contributed by atoms with Gasteiger partial charge in [0.2, 0.25) is 5.95 Å². The predicted octanol–water partition coefficient (Wildman–Crippen LogP) is 4.90. The first-order valence-electron chi connectivity index (χ1n) is 14.1. The number of fused-ring (bicyclic) bond motifs is 1. The summed E-state index contributed by atoms with van der Waals surface area (Å²) < 4.78 is 19.2. The third kappa shape index (κ3) is 5.13. The van der Waals surface area contributed by atoms with E-state index in [1.807, 2.05) is 6.92 Å². The SMILES string of the molecule is CN1CCC(c2ccc3c(c2)nc(NC(=O)c2ccnc(-c4cnn(C)c4)c2F)n3C2CCC(C)(O)CC2)CC1.